The molecule has 5 amide bonds. The normalized spacial score (nSPS) is 28.5. The number of carbonyl (C=O) groups excluding carboxylic acids is 6. The van der Waals surface area contributed by atoms with Gasteiger partial charge in [-0.2, -0.15) is 0 Å². The quantitative estimate of drug-likeness (QED) is 0.106. The van der Waals surface area contributed by atoms with Gasteiger partial charge in [-0.1, -0.05) is 48.0 Å². The second-order valence-electron chi connectivity index (χ2n) is 15.4. The van der Waals surface area contributed by atoms with Crippen molar-refractivity contribution < 1.29 is 43.1 Å². The maximum atomic E-state index is 14.9. The average Bonchev–Trinajstić information content (AvgIpc) is 3.90. The van der Waals surface area contributed by atoms with Gasteiger partial charge in [-0.25, -0.2) is 9.78 Å². The van der Waals surface area contributed by atoms with E-state index in [1.54, 1.807) is 13.8 Å². The Morgan fingerprint density at radius 1 is 0.941 bits per heavy atom. The molecule has 5 rings (SSSR count). The van der Waals surface area contributed by atoms with Gasteiger partial charge in [0.25, 0.3) is 17.7 Å². The summed E-state index contributed by atoms with van der Waals surface area (Å²) in [6, 6.07) is -4.36. The number of hydrogen-bond acceptors (Lipinski definition) is 10. The number of amides is 5. The van der Waals surface area contributed by atoms with Crippen LogP contribution in [0, 0.1) is 29.6 Å². The van der Waals surface area contributed by atoms with E-state index >= 15 is 0 Å². The summed E-state index contributed by atoms with van der Waals surface area (Å²) in [5, 5.41) is 11.3. The molecule has 15 heteroatoms. The standard InChI is InChI=1S/C36H53N7O8/c1-8-20(6)28(30(44)34(48)39-21-9-10-21)42-33(47)29-22-11-12-36(51-17-50-7)23(22)15-25(36)43(29)35(49)27(19(4)5)41-32(46)26(18(2)3)40-31(45)24-16-37-13-14-38-24/h13-14,16,18-23,25-29H,8-12,15,17H2,1-7H3,(H,39,48)(H,40,45)(H,41,46)(H,42,47)/p+1. The van der Waals surface area contributed by atoms with E-state index in [0.29, 0.717) is 30.6 Å². The van der Waals surface area contributed by atoms with Crippen molar-refractivity contribution in [2.45, 2.75) is 122 Å². The lowest BCUT2D eigenvalue weighted by molar-refractivity contribution is -0.902. The highest BCUT2D eigenvalue weighted by molar-refractivity contribution is 6.38. The molecule has 15 nitrogen and oxygen atoms in total. The van der Waals surface area contributed by atoms with Crippen molar-refractivity contribution in [3.63, 3.8) is 0 Å². The molecule has 1 aromatic rings. The van der Waals surface area contributed by atoms with E-state index in [1.807, 2.05) is 27.7 Å². The topological polar surface area (TPSA) is 199 Å². The minimum absolute atomic E-state index is 0.00887. The summed E-state index contributed by atoms with van der Waals surface area (Å²) in [4.78, 5) is 90.8. The number of Topliss-reactive ketones (excluding diaryl/α,β-unsaturated/α-hetero) is 1. The van der Waals surface area contributed by atoms with Crippen molar-refractivity contribution in [3.05, 3.63) is 24.3 Å². The summed E-state index contributed by atoms with van der Waals surface area (Å²) in [6.45, 7) is 10.9. The van der Waals surface area contributed by atoms with Crippen LogP contribution >= 0.6 is 0 Å². The third-order valence-corrected chi connectivity index (χ3v) is 11.5. The highest BCUT2D eigenvalue weighted by atomic mass is 16.7. The highest BCUT2D eigenvalue weighted by Crippen LogP contribution is 2.58. The van der Waals surface area contributed by atoms with Crippen LogP contribution < -0.4 is 26.2 Å². The average molecular weight is 713 g/mol. The third kappa shape index (κ3) is 7.70. The van der Waals surface area contributed by atoms with E-state index < -0.39 is 65.2 Å². The number of carbonyl (C=O) groups is 6. The molecule has 1 aromatic heterocycles. The van der Waals surface area contributed by atoms with Gasteiger partial charge < -0.3 is 30.7 Å². The predicted octanol–water partition coefficient (Wildman–Crippen LogP) is -0.298. The molecule has 4 aliphatic rings. The number of ketones is 1. The largest absolute Gasteiger partial charge is 0.359 e. The third-order valence-electron chi connectivity index (χ3n) is 11.5. The fourth-order valence-electron chi connectivity index (χ4n) is 8.28. The molecule has 0 radical (unpaired) electrons. The number of rotatable bonds is 17. The Kier molecular flexibility index (Phi) is 11.9. The van der Waals surface area contributed by atoms with Crippen molar-refractivity contribution in [2.75, 3.05) is 13.9 Å². The van der Waals surface area contributed by atoms with E-state index in [9.17, 15) is 28.8 Å². The summed E-state index contributed by atoms with van der Waals surface area (Å²) >= 11 is 0. The van der Waals surface area contributed by atoms with Gasteiger partial charge in [-0.3, -0.25) is 33.9 Å². The van der Waals surface area contributed by atoms with E-state index in [4.69, 9.17) is 9.47 Å². The minimum atomic E-state index is -1.06. The molecule has 280 valence electrons. The molecule has 3 saturated carbocycles. The fourth-order valence-corrected chi connectivity index (χ4v) is 8.28. The number of ether oxygens (including phenoxy) is 2. The number of nitrogens with one attached hydrogen (secondary N) is 5. The molecule has 0 spiro atoms. The van der Waals surface area contributed by atoms with E-state index in [0.717, 1.165) is 12.8 Å². The lowest BCUT2D eigenvalue weighted by Crippen LogP contribution is -3.29. The molecule has 0 aromatic carbocycles. The van der Waals surface area contributed by atoms with Crippen LogP contribution in [0.4, 0.5) is 0 Å². The lowest BCUT2D eigenvalue weighted by atomic mass is 9.58. The van der Waals surface area contributed by atoms with Crippen LogP contribution in [0.5, 0.6) is 0 Å². The zero-order valence-corrected chi connectivity index (χ0v) is 30.7. The van der Waals surface area contributed by atoms with Gasteiger partial charge >= 0.3 is 5.91 Å². The SMILES string of the molecule is CCC(C)C(NC(=O)C1C2CCC3(OCOC)C2CC3[NH+]1C(=O)C(NC(=O)C(NC(=O)c1cnccn1)C(C)C)C(C)C)C(=O)C(=O)NC1CC1. The first-order valence-corrected chi connectivity index (χ1v) is 18.3. The number of quaternary nitrogens is 1. The Labute approximate surface area is 299 Å². The maximum absolute atomic E-state index is 14.9. The second kappa shape index (κ2) is 15.8. The van der Waals surface area contributed by atoms with Gasteiger partial charge in [0, 0.05) is 43.8 Å². The van der Waals surface area contributed by atoms with Crippen LogP contribution in [0.15, 0.2) is 18.6 Å². The molecule has 2 heterocycles. The molecule has 4 bridgehead atoms. The molecule has 10 unspecified atom stereocenters. The molecular formula is C36H54N7O8+. The molecule has 3 aliphatic carbocycles. The number of hydrogen-bond donors (Lipinski definition) is 5. The number of methoxy groups -OCH3 is 1. The smallest absolute Gasteiger partial charge is 0.335 e. The Morgan fingerprint density at radius 2 is 1.65 bits per heavy atom. The highest BCUT2D eigenvalue weighted by Gasteiger charge is 2.76. The number of aromatic nitrogens is 2. The molecule has 1 saturated heterocycles. The van der Waals surface area contributed by atoms with Crippen molar-refractivity contribution in [1.82, 2.24) is 31.2 Å². The zero-order valence-electron chi connectivity index (χ0n) is 30.7. The van der Waals surface area contributed by atoms with Crippen molar-refractivity contribution in [2.24, 2.45) is 29.6 Å². The van der Waals surface area contributed by atoms with E-state index in [1.165, 1.54) is 25.7 Å². The van der Waals surface area contributed by atoms with Gasteiger partial charge in [0.05, 0.1) is 6.20 Å². The van der Waals surface area contributed by atoms with E-state index in [-0.39, 0.29) is 54.0 Å². The monoisotopic (exact) mass is 712 g/mol. The van der Waals surface area contributed by atoms with Crippen LogP contribution in [0.25, 0.3) is 0 Å². The van der Waals surface area contributed by atoms with Gasteiger partial charge in [0.1, 0.15) is 42.3 Å². The molecule has 51 heavy (non-hydrogen) atoms. The van der Waals surface area contributed by atoms with Gasteiger partial charge in [0.2, 0.25) is 11.7 Å². The lowest BCUT2D eigenvalue weighted by Gasteiger charge is -2.60. The molecule has 4 fully saturated rings. The molecule has 5 N–H and O–H groups in total. The maximum Gasteiger partial charge on any atom is 0.335 e. The second-order valence-corrected chi connectivity index (χ2v) is 15.4. The van der Waals surface area contributed by atoms with Gasteiger partial charge in [-0.05, 0) is 43.4 Å². The van der Waals surface area contributed by atoms with E-state index in [2.05, 4.69) is 31.2 Å². The summed E-state index contributed by atoms with van der Waals surface area (Å²) in [5.41, 5.74) is -0.621. The molecule has 10 atom stereocenters. The summed E-state index contributed by atoms with van der Waals surface area (Å²) in [7, 11) is 1.54. The first-order chi connectivity index (χ1) is 24.2. The van der Waals surface area contributed by atoms with Gasteiger partial charge in [0.15, 0.2) is 6.04 Å². The van der Waals surface area contributed by atoms with Gasteiger partial charge in [-0.15, -0.1) is 0 Å². The van der Waals surface area contributed by atoms with Crippen molar-refractivity contribution in [3.8, 4) is 0 Å². The van der Waals surface area contributed by atoms with Crippen LogP contribution in [0.1, 0.15) is 90.6 Å². The Balaban J connectivity index is 1.42. The Hall–Kier alpha value is -3.82. The summed E-state index contributed by atoms with van der Waals surface area (Å²) < 4.78 is 11.6. The van der Waals surface area contributed by atoms with Crippen LogP contribution in [0.3, 0.4) is 0 Å². The van der Waals surface area contributed by atoms with Crippen LogP contribution in [-0.4, -0.2) is 101 Å². The molecular weight excluding hydrogens is 658 g/mol. The number of likely N-dealkylation sites (tertiary alicyclic amines) is 1. The fraction of sp³-hybridized carbons (Fsp3) is 0.722. The first kappa shape index (κ1) is 38.4. The molecule has 1 aliphatic heterocycles. The summed E-state index contributed by atoms with van der Waals surface area (Å²) in [6.07, 6.45) is 8.22. The Morgan fingerprint density at radius 3 is 2.24 bits per heavy atom. The van der Waals surface area contributed by atoms with Crippen molar-refractivity contribution in [1.29, 1.82) is 0 Å². The van der Waals surface area contributed by atoms with Crippen LogP contribution in [0.2, 0.25) is 0 Å². The van der Waals surface area contributed by atoms with Crippen molar-refractivity contribution >= 4 is 35.3 Å². The predicted molar refractivity (Wildman–Crippen MR) is 183 cm³/mol. The summed E-state index contributed by atoms with van der Waals surface area (Å²) in [5.74, 6) is -4.65. The first-order valence-electron chi connectivity index (χ1n) is 18.3. The number of piperidine rings is 2. The number of nitrogens with zero attached hydrogens (tertiary/aromatic N) is 2. The Bertz CT molecular complexity index is 1490. The van der Waals surface area contributed by atoms with Crippen LogP contribution in [-0.2, 0) is 33.4 Å². The zero-order chi connectivity index (χ0) is 37.2. The minimum Gasteiger partial charge on any atom is -0.359 e.